The molecule has 4 heteroatoms. The molecule has 0 aromatic heterocycles. The maximum absolute atomic E-state index is 5.98. The minimum Gasteiger partial charge on any atom is -0.465 e. The molecule has 2 saturated heterocycles. The molecule has 2 aliphatic rings. The van der Waals surface area contributed by atoms with Crippen molar-refractivity contribution in [1.82, 2.24) is 0 Å². The van der Waals surface area contributed by atoms with E-state index in [1.54, 1.807) is 0 Å². The van der Waals surface area contributed by atoms with Crippen molar-refractivity contribution in [3.8, 4) is 5.75 Å². The van der Waals surface area contributed by atoms with Crippen LogP contribution in [0.2, 0.25) is 0 Å². The zero-order chi connectivity index (χ0) is 15.2. The number of benzene rings is 1. The average molecular weight is 306 g/mol. The number of ether oxygens (including phenoxy) is 4. The second-order valence-electron chi connectivity index (χ2n) is 6.06. The highest BCUT2D eigenvalue weighted by Crippen LogP contribution is 2.26. The third-order valence-corrected chi connectivity index (χ3v) is 4.25. The van der Waals surface area contributed by atoms with Crippen molar-refractivity contribution < 1.29 is 18.9 Å². The van der Waals surface area contributed by atoms with Gasteiger partial charge in [0.25, 0.3) is 0 Å². The van der Waals surface area contributed by atoms with Crippen molar-refractivity contribution in [2.45, 2.75) is 64.1 Å². The molecule has 3 rings (SSSR count). The molecule has 2 aliphatic heterocycles. The van der Waals surface area contributed by atoms with Gasteiger partial charge in [-0.05, 0) is 56.7 Å². The summed E-state index contributed by atoms with van der Waals surface area (Å²) >= 11 is 0. The van der Waals surface area contributed by atoms with Gasteiger partial charge in [-0.3, -0.25) is 0 Å². The molecule has 0 N–H and O–H groups in total. The Kier molecular flexibility index (Phi) is 5.70. The summed E-state index contributed by atoms with van der Waals surface area (Å²) in [6.07, 6.45) is 6.48. The predicted molar refractivity (Wildman–Crippen MR) is 83.8 cm³/mol. The number of rotatable bonds is 5. The van der Waals surface area contributed by atoms with E-state index in [4.69, 9.17) is 18.9 Å². The molecule has 0 amide bonds. The van der Waals surface area contributed by atoms with Crippen LogP contribution in [0, 0.1) is 0 Å². The topological polar surface area (TPSA) is 36.9 Å². The molecule has 3 unspecified atom stereocenters. The lowest BCUT2D eigenvalue weighted by molar-refractivity contribution is -0.186. The Morgan fingerprint density at radius 1 is 0.909 bits per heavy atom. The van der Waals surface area contributed by atoms with Gasteiger partial charge in [-0.2, -0.15) is 0 Å². The highest BCUT2D eigenvalue weighted by molar-refractivity contribution is 5.28. The summed E-state index contributed by atoms with van der Waals surface area (Å²) in [5, 5.41) is 0. The molecule has 0 aliphatic carbocycles. The molecule has 4 nitrogen and oxygen atoms in total. The molecular formula is C18H26O4. The van der Waals surface area contributed by atoms with Gasteiger partial charge in [-0.1, -0.05) is 12.1 Å². The van der Waals surface area contributed by atoms with E-state index in [-0.39, 0.29) is 18.7 Å². The van der Waals surface area contributed by atoms with Crippen LogP contribution in [0.5, 0.6) is 5.75 Å². The molecule has 0 bridgehead atoms. The van der Waals surface area contributed by atoms with Crippen LogP contribution in [0.1, 0.15) is 57.1 Å². The van der Waals surface area contributed by atoms with Crippen molar-refractivity contribution in [2.24, 2.45) is 0 Å². The Hall–Kier alpha value is -1.10. The van der Waals surface area contributed by atoms with Crippen LogP contribution in [-0.4, -0.2) is 25.8 Å². The van der Waals surface area contributed by atoms with Crippen LogP contribution < -0.4 is 4.74 Å². The van der Waals surface area contributed by atoms with E-state index in [2.05, 4.69) is 19.1 Å². The standard InChI is InChI=1S/C18H26O4/c1-14(21-17-6-2-4-12-19-17)15-8-10-16(11-9-15)22-18-7-3-5-13-20-18/h8-11,14,17-18H,2-7,12-13H2,1H3. The zero-order valence-electron chi connectivity index (χ0n) is 13.3. The summed E-state index contributed by atoms with van der Waals surface area (Å²) in [6.45, 7) is 3.68. The molecule has 22 heavy (non-hydrogen) atoms. The highest BCUT2D eigenvalue weighted by atomic mass is 16.7. The molecule has 2 fully saturated rings. The molecule has 2 heterocycles. The van der Waals surface area contributed by atoms with E-state index in [0.29, 0.717) is 0 Å². The second-order valence-corrected chi connectivity index (χ2v) is 6.06. The van der Waals surface area contributed by atoms with Crippen LogP contribution >= 0.6 is 0 Å². The molecule has 0 spiro atoms. The first-order chi connectivity index (χ1) is 10.8. The Morgan fingerprint density at radius 2 is 1.55 bits per heavy atom. The molecular weight excluding hydrogens is 280 g/mol. The van der Waals surface area contributed by atoms with Gasteiger partial charge in [0, 0.05) is 13.0 Å². The van der Waals surface area contributed by atoms with Gasteiger partial charge in [-0.25, -0.2) is 0 Å². The maximum Gasteiger partial charge on any atom is 0.199 e. The summed E-state index contributed by atoms with van der Waals surface area (Å²) in [7, 11) is 0. The molecule has 0 saturated carbocycles. The van der Waals surface area contributed by atoms with Crippen molar-refractivity contribution in [3.63, 3.8) is 0 Å². The normalized spacial score (nSPS) is 27.3. The van der Waals surface area contributed by atoms with Crippen LogP contribution in [-0.2, 0) is 14.2 Å². The van der Waals surface area contributed by atoms with Crippen LogP contribution in [0.4, 0.5) is 0 Å². The maximum atomic E-state index is 5.98. The summed E-state index contributed by atoms with van der Waals surface area (Å²) in [5.41, 5.74) is 1.14. The first kappa shape index (κ1) is 15.8. The average Bonchev–Trinajstić information content (AvgIpc) is 2.57. The van der Waals surface area contributed by atoms with Crippen molar-refractivity contribution >= 4 is 0 Å². The Morgan fingerprint density at radius 3 is 2.14 bits per heavy atom. The van der Waals surface area contributed by atoms with Gasteiger partial charge in [0.15, 0.2) is 12.6 Å². The zero-order valence-corrected chi connectivity index (χ0v) is 13.3. The molecule has 0 radical (unpaired) electrons. The van der Waals surface area contributed by atoms with Crippen LogP contribution in [0.25, 0.3) is 0 Å². The summed E-state index contributed by atoms with van der Waals surface area (Å²) < 4.78 is 23.1. The van der Waals surface area contributed by atoms with E-state index in [1.807, 2.05) is 12.1 Å². The van der Waals surface area contributed by atoms with Crippen molar-refractivity contribution in [1.29, 1.82) is 0 Å². The highest BCUT2D eigenvalue weighted by Gasteiger charge is 2.19. The predicted octanol–water partition coefficient (Wildman–Crippen LogP) is 4.20. The van der Waals surface area contributed by atoms with E-state index in [9.17, 15) is 0 Å². The third kappa shape index (κ3) is 4.45. The van der Waals surface area contributed by atoms with Gasteiger partial charge in [0.05, 0.1) is 12.7 Å². The van der Waals surface area contributed by atoms with Crippen molar-refractivity contribution in [3.05, 3.63) is 29.8 Å². The van der Waals surface area contributed by atoms with E-state index in [1.165, 1.54) is 12.8 Å². The molecule has 1 aromatic carbocycles. The summed E-state index contributed by atoms with van der Waals surface area (Å²) in [6, 6.07) is 8.11. The SMILES string of the molecule is CC(OC1CCCCO1)c1ccc(OC2CCCCO2)cc1. The third-order valence-electron chi connectivity index (χ3n) is 4.25. The fraction of sp³-hybridized carbons (Fsp3) is 0.667. The first-order valence-electron chi connectivity index (χ1n) is 8.46. The smallest absolute Gasteiger partial charge is 0.199 e. The minimum absolute atomic E-state index is 0.0306. The van der Waals surface area contributed by atoms with E-state index < -0.39 is 0 Å². The lowest BCUT2D eigenvalue weighted by atomic mass is 10.1. The Labute approximate surface area is 132 Å². The van der Waals surface area contributed by atoms with Crippen molar-refractivity contribution in [2.75, 3.05) is 13.2 Å². The first-order valence-corrected chi connectivity index (χ1v) is 8.46. The lowest BCUT2D eigenvalue weighted by Gasteiger charge is -2.26. The fourth-order valence-electron chi connectivity index (χ4n) is 2.90. The number of hydrogen-bond donors (Lipinski definition) is 0. The second kappa shape index (κ2) is 7.95. The summed E-state index contributed by atoms with van der Waals surface area (Å²) in [5.74, 6) is 0.858. The quantitative estimate of drug-likeness (QED) is 0.817. The monoisotopic (exact) mass is 306 g/mol. The molecule has 3 atom stereocenters. The van der Waals surface area contributed by atoms with Gasteiger partial charge >= 0.3 is 0 Å². The largest absolute Gasteiger partial charge is 0.465 e. The van der Waals surface area contributed by atoms with E-state index in [0.717, 1.165) is 50.2 Å². The fourth-order valence-corrected chi connectivity index (χ4v) is 2.90. The van der Waals surface area contributed by atoms with Gasteiger partial charge in [0.2, 0.25) is 0 Å². The molecule has 122 valence electrons. The van der Waals surface area contributed by atoms with E-state index >= 15 is 0 Å². The van der Waals surface area contributed by atoms with Crippen LogP contribution in [0.3, 0.4) is 0 Å². The molecule has 1 aromatic rings. The minimum atomic E-state index is -0.0936. The van der Waals surface area contributed by atoms with Crippen LogP contribution in [0.15, 0.2) is 24.3 Å². The van der Waals surface area contributed by atoms with Gasteiger partial charge in [0.1, 0.15) is 5.75 Å². The lowest BCUT2D eigenvalue weighted by Crippen LogP contribution is -2.25. The van der Waals surface area contributed by atoms with Gasteiger partial charge in [-0.15, -0.1) is 0 Å². The number of hydrogen-bond acceptors (Lipinski definition) is 4. The Balaban J connectivity index is 1.51. The Bertz CT molecular complexity index is 433. The summed E-state index contributed by atoms with van der Waals surface area (Å²) in [4.78, 5) is 0. The van der Waals surface area contributed by atoms with Gasteiger partial charge < -0.3 is 18.9 Å².